The molecular weight excluding hydrogens is 296 g/mol. The number of carbonyl (C=O) groups excluding carboxylic acids is 1. The van der Waals surface area contributed by atoms with Crippen LogP contribution in [0.25, 0.3) is 10.9 Å². The normalized spacial score (nSPS) is 21.0. The van der Waals surface area contributed by atoms with Crippen LogP contribution < -0.4 is 5.32 Å². The van der Waals surface area contributed by atoms with E-state index in [0.717, 1.165) is 16.5 Å². The third kappa shape index (κ3) is 2.94. The molecule has 6 heteroatoms. The number of aromatic amines is 1. The quantitative estimate of drug-likeness (QED) is 0.738. The Morgan fingerprint density at radius 1 is 1.26 bits per heavy atom. The van der Waals surface area contributed by atoms with E-state index in [1.54, 1.807) is 20.8 Å². The van der Waals surface area contributed by atoms with Crippen molar-refractivity contribution in [1.82, 2.24) is 10.3 Å². The summed E-state index contributed by atoms with van der Waals surface area (Å²) in [6.45, 7) is 5.36. The Hall–Kier alpha value is -2.34. The lowest BCUT2D eigenvalue weighted by Crippen LogP contribution is -2.48. The third-order valence-electron chi connectivity index (χ3n) is 3.85. The maximum atomic E-state index is 12.5. The molecule has 1 aliphatic heterocycles. The molecule has 0 bridgehead atoms. The summed E-state index contributed by atoms with van der Waals surface area (Å²) in [6, 6.07) is 6.01. The van der Waals surface area contributed by atoms with Crippen molar-refractivity contribution in [3.63, 3.8) is 0 Å². The van der Waals surface area contributed by atoms with E-state index in [2.05, 4.69) is 10.3 Å². The molecule has 0 unspecified atom stereocenters. The van der Waals surface area contributed by atoms with E-state index in [4.69, 9.17) is 4.74 Å². The Morgan fingerprint density at radius 2 is 1.96 bits per heavy atom. The monoisotopic (exact) mass is 316 g/mol. The van der Waals surface area contributed by atoms with Gasteiger partial charge in [-0.3, -0.25) is 10.1 Å². The molecule has 0 amide bonds. The first-order chi connectivity index (χ1) is 10.8. The van der Waals surface area contributed by atoms with Crippen LogP contribution in [0.3, 0.4) is 0 Å². The number of H-pyrrole nitrogens is 1. The summed E-state index contributed by atoms with van der Waals surface area (Å²) >= 11 is 0. The van der Waals surface area contributed by atoms with Gasteiger partial charge in [0.15, 0.2) is 0 Å². The van der Waals surface area contributed by atoms with Crippen LogP contribution in [0.1, 0.15) is 38.1 Å². The first kappa shape index (κ1) is 15.6. The molecular formula is C17H20N2O4. The summed E-state index contributed by atoms with van der Waals surface area (Å²) in [5, 5.41) is 13.2. The zero-order chi connectivity index (χ0) is 16.8. The maximum Gasteiger partial charge on any atom is 0.329 e. The zero-order valence-electron chi connectivity index (χ0n) is 13.3. The lowest BCUT2D eigenvalue weighted by Gasteiger charge is -2.30. The molecule has 3 N–H and O–H groups in total. The van der Waals surface area contributed by atoms with Gasteiger partial charge >= 0.3 is 11.9 Å². The molecule has 0 saturated heterocycles. The minimum atomic E-state index is -0.977. The fourth-order valence-electron chi connectivity index (χ4n) is 2.94. The van der Waals surface area contributed by atoms with Crippen molar-refractivity contribution in [2.75, 3.05) is 0 Å². The summed E-state index contributed by atoms with van der Waals surface area (Å²) in [5.41, 5.74) is 1.81. The topological polar surface area (TPSA) is 91.4 Å². The van der Waals surface area contributed by atoms with Crippen LogP contribution in [-0.2, 0) is 20.7 Å². The molecule has 0 saturated carbocycles. The Bertz CT molecular complexity index is 772. The van der Waals surface area contributed by atoms with Crippen LogP contribution in [-0.4, -0.2) is 33.7 Å². The van der Waals surface area contributed by atoms with Crippen molar-refractivity contribution in [1.29, 1.82) is 0 Å². The van der Waals surface area contributed by atoms with Crippen LogP contribution in [0, 0.1) is 0 Å². The van der Waals surface area contributed by atoms with E-state index in [0.29, 0.717) is 12.1 Å². The number of hydrogen-bond donors (Lipinski definition) is 3. The Labute approximate surface area is 133 Å². The smallest absolute Gasteiger partial charge is 0.329 e. The number of carboxylic acid groups (broad SMARTS) is 1. The lowest BCUT2D eigenvalue weighted by atomic mass is 9.94. The highest BCUT2D eigenvalue weighted by atomic mass is 16.6. The average Bonchev–Trinajstić information content (AvgIpc) is 2.82. The Balaban J connectivity index is 2.06. The molecule has 0 fully saturated rings. The molecule has 2 aromatic rings. The predicted octanol–water partition coefficient (Wildman–Crippen LogP) is 2.15. The number of esters is 1. The largest absolute Gasteiger partial charge is 0.480 e. The van der Waals surface area contributed by atoms with Gasteiger partial charge in [0.25, 0.3) is 0 Å². The van der Waals surface area contributed by atoms with Crippen molar-refractivity contribution < 1.29 is 19.4 Å². The van der Waals surface area contributed by atoms with E-state index >= 15 is 0 Å². The second-order valence-electron chi connectivity index (χ2n) is 6.79. The predicted molar refractivity (Wildman–Crippen MR) is 85.1 cm³/mol. The minimum Gasteiger partial charge on any atom is -0.480 e. The van der Waals surface area contributed by atoms with Crippen molar-refractivity contribution in [2.24, 2.45) is 0 Å². The van der Waals surface area contributed by atoms with Gasteiger partial charge in [-0.2, -0.15) is 0 Å². The number of para-hydroxylation sites is 1. The standard InChI is InChI=1S/C17H20N2O4/c1-17(2,3)23-16(22)14-13-10(8-12(19-14)15(20)21)9-6-4-5-7-11(9)18-13/h4-7,12,14,18-19H,8H2,1-3H3,(H,20,21)/t12-,14-/m1/s1. The van der Waals surface area contributed by atoms with Crippen LogP contribution in [0.15, 0.2) is 24.3 Å². The molecule has 1 aromatic heterocycles. The number of aliphatic carboxylic acids is 1. The zero-order valence-corrected chi connectivity index (χ0v) is 13.3. The Morgan fingerprint density at radius 3 is 2.61 bits per heavy atom. The molecule has 1 aromatic carbocycles. The van der Waals surface area contributed by atoms with E-state index in [-0.39, 0.29) is 0 Å². The van der Waals surface area contributed by atoms with Gasteiger partial charge in [0.05, 0.1) is 0 Å². The lowest BCUT2D eigenvalue weighted by molar-refractivity contribution is -0.158. The van der Waals surface area contributed by atoms with Gasteiger partial charge in [-0.25, -0.2) is 4.79 Å². The summed E-state index contributed by atoms with van der Waals surface area (Å²) in [6.07, 6.45) is 0.327. The first-order valence-electron chi connectivity index (χ1n) is 7.57. The van der Waals surface area contributed by atoms with Gasteiger partial charge < -0.3 is 14.8 Å². The number of nitrogens with one attached hydrogen (secondary N) is 2. The minimum absolute atomic E-state index is 0.327. The van der Waals surface area contributed by atoms with E-state index in [1.165, 1.54) is 0 Å². The molecule has 3 rings (SSSR count). The highest BCUT2D eigenvalue weighted by molar-refractivity contribution is 5.90. The maximum absolute atomic E-state index is 12.5. The van der Waals surface area contributed by atoms with Crippen LogP contribution >= 0.6 is 0 Å². The molecule has 2 atom stereocenters. The van der Waals surface area contributed by atoms with E-state index < -0.39 is 29.6 Å². The molecule has 0 radical (unpaired) electrons. The number of hydrogen-bond acceptors (Lipinski definition) is 4. The van der Waals surface area contributed by atoms with Crippen molar-refractivity contribution >= 4 is 22.8 Å². The van der Waals surface area contributed by atoms with Crippen LogP contribution in [0.5, 0.6) is 0 Å². The summed E-state index contributed by atoms with van der Waals surface area (Å²) < 4.78 is 5.44. The first-order valence-corrected chi connectivity index (χ1v) is 7.57. The second kappa shape index (κ2) is 5.38. The highest BCUT2D eigenvalue weighted by Crippen LogP contribution is 2.33. The van der Waals surface area contributed by atoms with Crippen LogP contribution in [0.4, 0.5) is 0 Å². The average molecular weight is 316 g/mol. The van der Waals surface area contributed by atoms with Gasteiger partial charge in [-0.05, 0) is 32.4 Å². The molecule has 23 heavy (non-hydrogen) atoms. The number of carboxylic acids is 1. The van der Waals surface area contributed by atoms with Gasteiger partial charge in [0.1, 0.15) is 17.7 Å². The van der Waals surface area contributed by atoms with Gasteiger partial charge in [0.2, 0.25) is 0 Å². The number of benzene rings is 1. The second-order valence-corrected chi connectivity index (χ2v) is 6.79. The van der Waals surface area contributed by atoms with Crippen molar-refractivity contribution in [3.8, 4) is 0 Å². The number of ether oxygens (including phenoxy) is 1. The fraction of sp³-hybridized carbons (Fsp3) is 0.412. The van der Waals surface area contributed by atoms with Gasteiger partial charge in [-0.15, -0.1) is 0 Å². The molecule has 0 aliphatic carbocycles. The summed E-state index contributed by atoms with van der Waals surface area (Å²) in [7, 11) is 0. The third-order valence-corrected chi connectivity index (χ3v) is 3.85. The fourth-order valence-corrected chi connectivity index (χ4v) is 2.94. The number of rotatable bonds is 2. The van der Waals surface area contributed by atoms with E-state index in [1.807, 2.05) is 24.3 Å². The van der Waals surface area contributed by atoms with Crippen molar-refractivity contribution in [3.05, 3.63) is 35.5 Å². The number of aromatic nitrogens is 1. The molecule has 122 valence electrons. The molecule has 6 nitrogen and oxygen atoms in total. The SMILES string of the molecule is CC(C)(C)OC(=O)[C@@H]1N[C@@H](C(=O)O)Cc2c1[nH]c1ccccc21. The summed E-state index contributed by atoms with van der Waals surface area (Å²) in [5.74, 6) is -1.45. The molecule has 2 heterocycles. The van der Waals surface area contributed by atoms with Gasteiger partial charge in [0, 0.05) is 23.0 Å². The number of fused-ring (bicyclic) bond motifs is 3. The van der Waals surface area contributed by atoms with Crippen molar-refractivity contribution in [2.45, 2.75) is 44.9 Å². The van der Waals surface area contributed by atoms with Crippen LogP contribution in [0.2, 0.25) is 0 Å². The van der Waals surface area contributed by atoms with E-state index in [9.17, 15) is 14.7 Å². The molecule has 0 spiro atoms. The highest BCUT2D eigenvalue weighted by Gasteiger charge is 2.38. The summed E-state index contributed by atoms with van der Waals surface area (Å²) in [4.78, 5) is 27.2. The molecule has 1 aliphatic rings. The number of carbonyl (C=O) groups is 2. The van der Waals surface area contributed by atoms with Gasteiger partial charge in [-0.1, -0.05) is 18.2 Å². The Kier molecular flexibility index (Phi) is 3.64.